The molecular formula is C15H11ClN2O5S. The highest BCUT2D eigenvalue weighted by Crippen LogP contribution is 2.22. The molecule has 124 valence electrons. The number of carbonyl (C=O) groups excluding carboxylic acids is 1. The lowest BCUT2D eigenvalue weighted by atomic mass is 10.2. The number of nitrogens with two attached hydrogens (primary N) is 1. The van der Waals surface area contributed by atoms with Crippen LogP contribution in [0.1, 0.15) is 16.2 Å². The highest BCUT2D eigenvalue weighted by Gasteiger charge is 2.18. The van der Waals surface area contributed by atoms with E-state index in [2.05, 4.69) is 4.98 Å². The maximum Gasteiger partial charge on any atom is 0.338 e. The van der Waals surface area contributed by atoms with Crippen LogP contribution in [-0.2, 0) is 21.4 Å². The molecule has 0 spiro atoms. The Morgan fingerprint density at radius 2 is 2.00 bits per heavy atom. The lowest BCUT2D eigenvalue weighted by Crippen LogP contribution is -2.14. The van der Waals surface area contributed by atoms with Gasteiger partial charge in [-0.15, -0.1) is 0 Å². The van der Waals surface area contributed by atoms with Crippen molar-refractivity contribution in [2.75, 3.05) is 0 Å². The molecule has 0 aliphatic carbocycles. The molecule has 0 saturated carbocycles. The van der Waals surface area contributed by atoms with Crippen LogP contribution < -0.4 is 5.14 Å². The molecule has 9 heteroatoms. The summed E-state index contributed by atoms with van der Waals surface area (Å²) < 4.78 is 33.4. The number of benzene rings is 2. The zero-order valence-corrected chi connectivity index (χ0v) is 13.7. The third-order valence-electron chi connectivity index (χ3n) is 3.14. The standard InChI is InChI=1S/C15H11ClN2O5S/c16-10-6-5-9(7-13(10)24(17,20)21)15(19)22-8-14-18-11-3-1-2-4-12(11)23-14/h1-7H,8H2,(H2,17,20,21). The van der Waals surface area contributed by atoms with Gasteiger partial charge in [0, 0.05) is 0 Å². The molecule has 0 aliphatic heterocycles. The molecule has 0 amide bonds. The van der Waals surface area contributed by atoms with E-state index >= 15 is 0 Å². The number of aromatic nitrogens is 1. The summed E-state index contributed by atoms with van der Waals surface area (Å²) in [7, 11) is -4.04. The topological polar surface area (TPSA) is 112 Å². The van der Waals surface area contributed by atoms with Gasteiger partial charge in [-0.05, 0) is 30.3 Å². The summed E-state index contributed by atoms with van der Waals surface area (Å²) >= 11 is 5.77. The summed E-state index contributed by atoms with van der Waals surface area (Å²) in [4.78, 5) is 15.9. The molecule has 0 aliphatic rings. The number of sulfonamides is 1. The minimum absolute atomic E-state index is 0.000430. The molecule has 0 unspecified atom stereocenters. The van der Waals surface area contributed by atoms with E-state index in [-0.39, 0.29) is 28.0 Å². The summed E-state index contributed by atoms with van der Waals surface area (Å²) in [6, 6.07) is 10.8. The summed E-state index contributed by atoms with van der Waals surface area (Å²) in [5.41, 5.74) is 1.22. The first-order valence-electron chi connectivity index (χ1n) is 6.68. The molecule has 0 atom stereocenters. The number of esters is 1. The van der Waals surface area contributed by atoms with Crippen molar-refractivity contribution < 1.29 is 22.4 Å². The van der Waals surface area contributed by atoms with E-state index < -0.39 is 16.0 Å². The quantitative estimate of drug-likeness (QED) is 0.710. The third-order valence-corrected chi connectivity index (χ3v) is 4.53. The molecule has 1 aromatic heterocycles. The van der Waals surface area contributed by atoms with E-state index in [1.54, 1.807) is 18.2 Å². The lowest BCUT2D eigenvalue weighted by Gasteiger charge is -2.06. The Balaban J connectivity index is 1.77. The van der Waals surface area contributed by atoms with Crippen molar-refractivity contribution in [3.8, 4) is 0 Å². The fourth-order valence-electron chi connectivity index (χ4n) is 2.04. The van der Waals surface area contributed by atoms with Crippen molar-refractivity contribution in [1.29, 1.82) is 0 Å². The Kier molecular flexibility index (Phi) is 4.27. The Morgan fingerprint density at radius 1 is 1.25 bits per heavy atom. The zero-order valence-electron chi connectivity index (χ0n) is 12.1. The molecular weight excluding hydrogens is 356 g/mol. The fraction of sp³-hybridized carbons (Fsp3) is 0.0667. The summed E-state index contributed by atoms with van der Waals surface area (Å²) in [6.07, 6.45) is 0. The molecule has 3 rings (SSSR count). The highest BCUT2D eigenvalue weighted by molar-refractivity contribution is 7.89. The predicted molar refractivity (Wildman–Crippen MR) is 86.0 cm³/mol. The van der Waals surface area contributed by atoms with E-state index in [9.17, 15) is 13.2 Å². The SMILES string of the molecule is NS(=O)(=O)c1cc(C(=O)OCc2nc3ccccc3o2)ccc1Cl. The average molecular weight is 367 g/mol. The van der Waals surface area contributed by atoms with Crippen molar-refractivity contribution in [1.82, 2.24) is 4.98 Å². The van der Waals surface area contributed by atoms with Gasteiger partial charge in [0.25, 0.3) is 0 Å². The van der Waals surface area contributed by atoms with Gasteiger partial charge in [-0.2, -0.15) is 0 Å². The van der Waals surface area contributed by atoms with Gasteiger partial charge in [0.2, 0.25) is 15.9 Å². The normalized spacial score (nSPS) is 11.6. The number of para-hydroxylation sites is 2. The molecule has 2 aromatic carbocycles. The zero-order chi connectivity index (χ0) is 17.3. The van der Waals surface area contributed by atoms with Crippen LogP contribution in [0.3, 0.4) is 0 Å². The molecule has 1 heterocycles. The summed E-state index contributed by atoms with van der Waals surface area (Å²) in [5, 5.41) is 4.97. The van der Waals surface area contributed by atoms with Crippen molar-refractivity contribution >= 4 is 38.7 Å². The molecule has 2 N–H and O–H groups in total. The molecule has 0 radical (unpaired) electrons. The predicted octanol–water partition coefficient (Wildman–Crippen LogP) is 2.49. The minimum atomic E-state index is -4.04. The summed E-state index contributed by atoms with van der Waals surface area (Å²) in [6.45, 7) is -0.194. The van der Waals surface area contributed by atoms with Crippen LogP contribution in [0.5, 0.6) is 0 Å². The number of fused-ring (bicyclic) bond motifs is 1. The van der Waals surface area contributed by atoms with E-state index in [0.717, 1.165) is 6.07 Å². The van der Waals surface area contributed by atoms with Crippen LogP contribution in [0.15, 0.2) is 51.8 Å². The van der Waals surface area contributed by atoms with Gasteiger partial charge in [0.05, 0.1) is 10.6 Å². The van der Waals surface area contributed by atoms with Gasteiger partial charge in [-0.3, -0.25) is 0 Å². The second-order valence-electron chi connectivity index (χ2n) is 4.84. The first kappa shape index (κ1) is 16.4. The van der Waals surface area contributed by atoms with Crippen LogP contribution in [0, 0.1) is 0 Å². The maximum absolute atomic E-state index is 12.1. The largest absolute Gasteiger partial charge is 0.452 e. The number of ether oxygens (including phenoxy) is 1. The number of hydrogen-bond acceptors (Lipinski definition) is 6. The molecule has 24 heavy (non-hydrogen) atoms. The van der Waals surface area contributed by atoms with Crippen LogP contribution in [0.4, 0.5) is 0 Å². The average Bonchev–Trinajstić information content (AvgIpc) is 2.94. The Hall–Kier alpha value is -2.42. The number of nitrogens with zero attached hydrogens (tertiary/aromatic N) is 1. The van der Waals surface area contributed by atoms with Crippen LogP contribution >= 0.6 is 11.6 Å². The van der Waals surface area contributed by atoms with E-state index in [4.69, 9.17) is 25.9 Å². The number of oxazole rings is 1. The van der Waals surface area contributed by atoms with Gasteiger partial charge in [0.15, 0.2) is 12.2 Å². The van der Waals surface area contributed by atoms with Crippen LogP contribution in [0.25, 0.3) is 11.1 Å². The molecule has 7 nitrogen and oxygen atoms in total. The van der Waals surface area contributed by atoms with E-state index in [1.165, 1.54) is 12.1 Å². The first-order chi connectivity index (χ1) is 11.3. The van der Waals surface area contributed by atoms with Gasteiger partial charge < -0.3 is 9.15 Å². The first-order valence-corrected chi connectivity index (χ1v) is 8.61. The Morgan fingerprint density at radius 3 is 2.71 bits per heavy atom. The maximum atomic E-state index is 12.1. The van der Waals surface area contributed by atoms with Crippen LogP contribution in [0.2, 0.25) is 5.02 Å². The van der Waals surface area contributed by atoms with E-state index in [1.807, 2.05) is 6.07 Å². The molecule has 3 aromatic rings. The fourth-order valence-corrected chi connectivity index (χ4v) is 3.11. The van der Waals surface area contributed by atoms with E-state index in [0.29, 0.717) is 11.1 Å². The Labute approximate surface area is 142 Å². The van der Waals surface area contributed by atoms with Gasteiger partial charge in [-0.25, -0.2) is 23.3 Å². The van der Waals surface area contributed by atoms with Gasteiger partial charge in [0.1, 0.15) is 10.4 Å². The van der Waals surface area contributed by atoms with Crippen molar-refractivity contribution in [3.05, 3.63) is 58.9 Å². The second kappa shape index (κ2) is 6.23. The molecule has 0 fully saturated rings. The number of primary sulfonamides is 1. The number of hydrogen-bond donors (Lipinski definition) is 1. The highest BCUT2D eigenvalue weighted by atomic mass is 35.5. The minimum Gasteiger partial charge on any atom is -0.452 e. The molecule has 0 saturated heterocycles. The Bertz CT molecular complexity index is 996. The lowest BCUT2D eigenvalue weighted by molar-refractivity contribution is 0.0440. The second-order valence-corrected chi connectivity index (χ2v) is 6.78. The number of halogens is 1. The van der Waals surface area contributed by atoms with Crippen molar-refractivity contribution in [2.45, 2.75) is 11.5 Å². The van der Waals surface area contributed by atoms with Crippen molar-refractivity contribution in [2.24, 2.45) is 5.14 Å². The van der Waals surface area contributed by atoms with Gasteiger partial charge >= 0.3 is 5.97 Å². The molecule has 0 bridgehead atoms. The smallest absolute Gasteiger partial charge is 0.338 e. The summed E-state index contributed by atoms with van der Waals surface area (Å²) in [5.74, 6) is -0.524. The van der Waals surface area contributed by atoms with Crippen molar-refractivity contribution in [3.63, 3.8) is 0 Å². The van der Waals surface area contributed by atoms with Gasteiger partial charge in [-0.1, -0.05) is 23.7 Å². The number of carbonyl (C=O) groups is 1. The monoisotopic (exact) mass is 366 g/mol. The van der Waals surface area contributed by atoms with Crippen LogP contribution in [-0.4, -0.2) is 19.4 Å². The third kappa shape index (κ3) is 3.40. The number of rotatable bonds is 4.